The van der Waals surface area contributed by atoms with Gasteiger partial charge in [-0.1, -0.05) is 6.92 Å². The van der Waals surface area contributed by atoms with Gasteiger partial charge in [-0.05, 0) is 0 Å². The van der Waals surface area contributed by atoms with Gasteiger partial charge in [0, 0.05) is 12.5 Å². The minimum Gasteiger partial charge on any atom is -0.236 e. The molecule has 1 N–H and O–H groups in total. The van der Waals surface area contributed by atoms with E-state index >= 15 is 0 Å². The van der Waals surface area contributed by atoms with Crippen LogP contribution in [0.1, 0.15) is 6.92 Å². The van der Waals surface area contributed by atoms with E-state index in [1.807, 2.05) is 0 Å². The lowest BCUT2D eigenvalue weighted by atomic mass is 11.0. The maximum atomic E-state index is 10.3. The zero-order chi connectivity index (χ0) is 5.70. The van der Waals surface area contributed by atoms with Crippen molar-refractivity contribution in [3.05, 3.63) is 0 Å². The van der Waals surface area contributed by atoms with Crippen molar-refractivity contribution < 1.29 is 4.21 Å². The summed E-state index contributed by atoms with van der Waals surface area (Å²) >= 11 is 0. The van der Waals surface area contributed by atoms with Crippen LogP contribution in [0, 0.1) is 0 Å². The highest BCUT2D eigenvalue weighted by Gasteiger charge is 1.84. The molecule has 0 saturated carbocycles. The van der Waals surface area contributed by atoms with Crippen LogP contribution in [0.2, 0.25) is 0 Å². The van der Waals surface area contributed by atoms with Gasteiger partial charge in [0.2, 0.25) is 0 Å². The first-order valence-electron chi connectivity index (χ1n) is 1.91. The molecule has 42 valence electrons. The Hall–Kier alpha value is -0.380. The predicted molar refractivity (Wildman–Crippen MR) is 31.4 cm³/mol. The normalized spacial score (nSPS) is 12.7. The summed E-state index contributed by atoms with van der Waals surface area (Å²) in [5.74, 6) is 0.568. The van der Waals surface area contributed by atoms with Crippen molar-refractivity contribution in [2.75, 3.05) is 5.75 Å². The summed E-state index contributed by atoms with van der Waals surface area (Å²) in [5.41, 5.74) is 0. The molecule has 0 aromatic heterocycles. The zero-order valence-corrected chi connectivity index (χ0v) is 4.99. The fraction of sp³-hybridized carbons (Fsp3) is 0.667. The molecule has 0 amide bonds. The third-order valence-electron chi connectivity index (χ3n) is 0.429. The zero-order valence-electron chi connectivity index (χ0n) is 4.18. The smallest absolute Gasteiger partial charge is 0.132 e. The van der Waals surface area contributed by atoms with Gasteiger partial charge in [0.1, 0.15) is 11.0 Å². The molecule has 0 bridgehead atoms. The lowest BCUT2D eigenvalue weighted by molar-refractivity contribution is 0.676. The maximum Gasteiger partial charge on any atom is 0.132 e. The van der Waals surface area contributed by atoms with Crippen LogP contribution in [-0.2, 0) is 11.0 Å². The molecule has 0 saturated heterocycles. The van der Waals surface area contributed by atoms with Gasteiger partial charge in [-0.25, -0.2) is 9.04 Å². The minimum absolute atomic E-state index is 0.568. The van der Waals surface area contributed by atoms with E-state index in [0.717, 1.165) is 0 Å². The number of hydrazone groups is 1. The Bertz CT molecular complexity index is 83.0. The Balaban J connectivity index is 3.17. The van der Waals surface area contributed by atoms with E-state index in [0.29, 0.717) is 5.75 Å². The highest BCUT2D eigenvalue weighted by atomic mass is 32.2. The van der Waals surface area contributed by atoms with E-state index < -0.39 is 11.0 Å². The molecule has 0 aliphatic heterocycles. The Morgan fingerprint density at radius 3 is 2.71 bits per heavy atom. The summed E-state index contributed by atoms with van der Waals surface area (Å²) in [4.78, 5) is 2.28. The fourth-order valence-electron chi connectivity index (χ4n) is 0.137. The van der Waals surface area contributed by atoms with E-state index in [2.05, 4.69) is 16.7 Å². The lowest BCUT2D eigenvalue weighted by Crippen LogP contribution is -2.10. The van der Waals surface area contributed by atoms with E-state index in [1.165, 1.54) is 0 Å². The van der Waals surface area contributed by atoms with Gasteiger partial charge >= 0.3 is 0 Å². The second-order valence-corrected chi connectivity index (χ2v) is 2.33. The molecule has 7 heavy (non-hydrogen) atoms. The Labute approximate surface area is 45.4 Å². The largest absolute Gasteiger partial charge is 0.236 e. The molecule has 3 nitrogen and oxygen atoms in total. The molecule has 4 heteroatoms. The molecular formula is C3H8N2OS. The third-order valence-corrected chi connectivity index (χ3v) is 1.29. The summed E-state index contributed by atoms with van der Waals surface area (Å²) in [6.45, 7) is 4.89. The fourth-order valence-corrected chi connectivity index (χ4v) is 0.410. The highest BCUT2D eigenvalue weighted by molar-refractivity contribution is 7.82. The lowest BCUT2D eigenvalue weighted by Gasteiger charge is -1.90. The highest BCUT2D eigenvalue weighted by Crippen LogP contribution is 1.69. The monoisotopic (exact) mass is 120 g/mol. The molecular weight excluding hydrogens is 112 g/mol. The summed E-state index contributed by atoms with van der Waals surface area (Å²) in [6.07, 6.45) is 0. The van der Waals surface area contributed by atoms with Gasteiger partial charge < -0.3 is 0 Å². The standard InChI is InChI=1S/C3H8N2OS/c1-3-7(6)5-4-2/h5H,2-3H2,1H3. The average Bonchev–Trinajstić information content (AvgIpc) is 1.68. The Morgan fingerprint density at radius 1 is 2.00 bits per heavy atom. The molecule has 0 aromatic rings. The molecule has 1 unspecified atom stereocenters. The van der Waals surface area contributed by atoms with Crippen LogP contribution in [0.15, 0.2) is 5.10 Å². The number of nitrogens with one attached hydrogen (secondary N) is 1. The SMILES string of the molecule is C=NNS(=O)CC. The van der Waals surface area contributed by atoms with Crippen LogP contribution in [0.25, 0.3) is 0 Å². The van der Waals surface area contributed by atoms with Crippen molar-refractivity contribution in [3.8, 4) is 0 Å². The number of nitrogens with zero attached hydrogens (tertiary/aromatic N) is 1. The molecule has 0 spiro atoms. The number of hydrogen-bond donors (Lipinski definition) is 1. The first-order valence-corrected chi connectivity index (χ1v) is 3.23. The molecule has 0 aliphatic carbocycles. The van der Waals surface area contributed by atoms with Crippen LogP contribution in [0.5, 0.6) is 0 Å². The Morgan fingerprint density at radius 2 is 2.57 bits per heavy atom. The van der Waals surface area contributed by atoms with Crippen molar-refractivity contribution in [2.24, 2.45) is 5.10 Å². The van der Waals surface area contributed by atoms with Gasteiger partial charge in [-0.15, -0.1) is 0 Å². The van der Waals surface area contributed by atoms with Gasteiger partial charge in [-0.3, -0.25) is 0 Å². The van der Waals surface area contributed by atoms with Crippen LogP contribution in [-0.4, -0.2) is 16.7 Å². The topological polar surface area (TPSA) is 41.5 Å². The van der Waals surface area contributed by atoms with Crippen molar-refractivity contribution in [1.82, 2.24) is 4.83 Å². The molecule has 0 heterocycles. The van der Waals surface area contributed by atoms with Crippen molar-refractivity contribution in [1.29, 1.82) is 0 Å². The first-order chi connectivity index (χ1) is 3.31. The summed E-state index contributed by atoms with van der Waals surface area (Å²) in [7, 11) is -1.01. The first kappa shape index (κ1) is 6.62. The predicted octanol–water partition coefficient (Wildman–Crippen LogP) is -0.125. The number of hydrogen-bond acceptors (Lipinski definition) is 2. The van der Waals surface area contributed by atoms with Crippen molar-refractivity contribution in [2.45, 2.75) is 6.92 Å². The van der Waals surface area contributed by atoms with E-state index in [-0.39, 0.29) is 0 Å². The molecule has 0 rings (SSSR count). The molecule has 1 atom stereocenters. The van der Waals surface area contributed by atoms with Gasteiger partial charge in [0.25, 0.3) is 0 Å². The molecule has 0 fully saturated rings. The van der Waals surface area contributed by atoms with Gasteiger partial charge in [0.15, 0.2) is 0 Å². The van der Waals surface area contributed by atoms with E-state index in [9.17, 15) is 4.21 Å². The molecule has 0 aliphatic rings. The van der Waals surface area contributed by atoms with Crippen LogP contribution in [0.4, 0.5) is 0 Å². The maximum absolute atomic E-state index is 10.3. The van der Waals surface area contributed by atoms with Gasteiger partial charge in [-0.2, -0.15) is 5.10 Å². The Kier molecular flexibility index (Phi) is 3.59. The third kappa shape index (κ3) is 3.45. The summed E-state index contributed by atoms with van der Waals surface area (Å²) in [5, 5.41) is 3.21. The van der Waals surface area contributed by atoms with E-state index in [1.54, 1.807) is 6.92 Å². The summed E-state index contributed by atoms with van der Waals surface area (Å²) < 4.78 is 10.3. The second-order valence-electron chi connectivity index (χ2n) is 0.884. The second kappa shape index (κ2) is 3.80. The molecule has 0 aromatic carbocycles. The van der Waals surface area contributed by atoms with Crippen LogP contribution in [0.3, 0.4) is 0 Å². The molecule has 0 radical (unpaired) electrons. The number of rotatable bonds is 3. The van der Waals surface area contributed by atoms with Crippen LogP contribution < -0.4 is 4.83 Å². The minimum atomic E-state index is -1.01. The van der Waals surface area contributed by atoms with Crippen molar-refractivity contribution in [3.63, 3.8) is 0 Å². The van der Waals surface area contributed by atoms with Gasteiger partial charge in [0.05, 0.1) is 0 Å². The summed E-state index contributed by atoms with van der Waals surface area (Å²) in [6, 6.07) is 0. The quantitative estimate of drug-likeness (QED) is 0.409. The van der Waals surface area contributed by atoms with E-state index in [4.69, 9.17) is 0 Å². The van der Waals surface area contributed by atoms with Crippen molar-refractivity contribution >= 4 is 17.7 Å². The average molecular weight is 120 g/mol. The van der Waals surface area contributed by atoms with Crippen LogP contribution >= 0.6 is 0 Å².